The van der Waals surface area contributed by atoms with E-state index in [-0.39, 0.29) is 11.4 Å². The Morgan fingerprint density at radius 2 is 2.15 bits per heavy atom. The smallest absolute Gasteiger partial charge is 0.258 e. The molecule has 104 valence electrons. The molecule has 0 atom stereocenters. The van der Waals surface area contributed by atoms with Crippen molar-refractivity contribution in [3.05, 3.63) is 52.4 Å². The lowest BCUT2D eigenvalue weighted by Gasteiger charge is -2.10. The van der Waals surface area contributed by atoms with Crippen LogP contribution in [0.4, 0.5) is 15.9 Å². The molecule has 1 aromatic heterocycles. The molecule has 0 spiro atoms. The maximum Gasteiger partial charge on any atom is 0.258 e. The molecule has 2 rings (SSSR count). The van der Waals surface area contributed by atoms with E-state index in [0.29, 0.717) is 16.3 Å². The maximum absolute atomic E-state index is 13.9. The molecule has 0 aliphatic carbocycles. The summed E-state index contributed by atoms with van der Waals surface area (Å²) in [6, 6.07) is 6.35. The number of carbonyl (C=O) groups excluding carboxylic acids is 1. The van der Waals surface area contributed by atoms with Crippen molar-refractivity contribution < 1.29 is 9.18 Å². The first-order valence-corrected chi connectivity index (χ1v) is 6.10. The number of pyridine rings is 1. The van der Waals surface area contributed by atoms with Gasteiger partial charge in [-0.15, -0.1) is 0 Å². The predicted octanol–water partition coefficient (Wildman–Crippen LogP) is 2.72. The third-order valence-corrected chi connectivity index (χ3v) is 3.20. The molecule has 5 nitrogen and oxygen atoms in total. The van der Waals surface area contributed by atoms with E-state index in [9.17, 15) is 9.18 Å². The number of carbonyl (C=O) groups is 1. The third-order valence-electron chi connectivity index (χ3n) is 2.79. The summed E-state index contributed by atoms with van der Waals surface area (Å²) in [7, 11) is 0. The van der Waals surface area contributed by atoms with Crippen molar-refractivity contribution in [3.63, 3.8) is 0 Å². The van der Waals surface area contributed by atoms with Gasteiger partial charge < -0.3 is 10.7 Å². The van der Waals surface area contributed by atoms with Crippen molar-refractivity contribution in [2.24, 2.45) is 5.84 Å². The minimum Gasteiger partial charge on any atom is -0.322 e. The van der Waals surface area contributed by atoms with Gasteiger partial charge in [0.2, 0.25) is 0 Å². The number of aromatic nitrogens is 1. The van der Waals surface area contributed by atoms with Crippen molar-refractivity contribution in [1.82, 2.24) is 4.98 Å². The fraction of sp³-hybridized carbons (Fsp3) is 0.0769. The van der Waals surface area contributed by atoms with E-state index in [1.165, 1.54) is 12.3 Å². The standard InChI is InChI=1S/C13H12ClFN4O/c1-7-9(14)3-2-4-10(7)18-13(20)8-5-6-17-12(19-16)11(8)15/h2-6H,16H2,1H3,(H,17,19)(H,18,20). The molecular formula is C13H12ClFN4O. The number of nitrogens with one attached hydrogen (secondary N) is 2. The number of hydrogen-bond acceptors (Lipinski definition) is 4. The highest BCUT2D eigenvalue weighted by Crippen LogP contribution is 2.24. The van der Waals surface area contributed by atoms with Gasteiger partial charge >= 0.3 is 0 Å². The van der Waals surface area contributed by atoms with E-state index >= 15 is 0 Å². The molecule has 1 heterocycles. The Morgan fingerprint density at radius 3 is 2.85 bits per heavy atom. The van der Waals surface area contributed by atoms with Crippen LogP contribution in [-0.2, 0) is 0 Å². The van der Waals surface area contributed by atoms with Crippen molar-refractivity contribution in [3.8, 4) is 0 Å². The van der Waals surface area contributed by atoms with Crippen LogP contribution in [0.3, 0.4) is 0 Å². The van der Waals surface area contributed by atoms with Crippen molar-refractivity contribution >= 4 is 29.0 Å². The molecule has 0 radical (unpaired) electrons. The number of hydrazine groups is 1. The summed E-state index contributed by atoms with van der Waals surface area (Å²) in [5.74, 6) is 3.50. The highest BCUT2D eigenvalue weighted by Gasteiger charge is 2.16. The maximum atomic E-state index is 13.9. The molecule has 0 aliphatic rings. The lowest BCUT2D eigenvalue weighted by molar-refractivity contribution is 0.102. The highest BCUT2D eigenvalue weighted by molar-refractivity contribution is 6.31. The zero-order valence-electron chi connectivity index (χ0n) is 10.6. The highest BCUT2D eigenvalue weighted by atomic mass is 35.5. The number of halogens is 2. The molecule has 0 aliphatic heterocycles. The van der Waals surface area contributed by atoms with Gasteiger partial charge in [-0.05, 0) is 30.7 Å². The second-order valence-corrected chi connectivity index (χ2v) is 4.44. The molecule has 0 fully saturated rings. The van der Waals surface area contributed by atoms with Gasteiger partial charge in [-0.1, -0.05) is 17.7 Å². The van der Waals surface area contributed by atoms with Gasteiger partial charge in [0.25, 0.3) is 5.91 Å². The molecule has 7 heteroatoms. The lowest BCUT2D eigenvalue weighted by Crippen LogP contribution is -2.18. The zero-order chi connectivity index (χ0) is 14.7. The second kappa shape index (κ2) is 5.85. The fourth-order valence-electron chi connectivity index (χ4n) is 1.65. The van der Waals surface area contributed by atoms with Crippen molar-refractivity contribution in [2.45, 2.75) is 6.92 Å². The van der Waals surface area contributed by atoms with Gasteiger partial charge in [0, 0.05) is 16.9 Å². The number of rotatable bonds is 3. The fourth-order valence-corrected chi connectivity index (χ4v) is 1.83. The molecule has 0 saturated heterocycles. The van der Waals surface area contributed by atoms with Crippen LogP contribution in [0.25, 0.3) is 0 Å². The summed E-state index contributed by atoms with van der Waals surface area (Å²) in [4.78, 5) is 15.7. The Kier molecular flexibility index (Phi) is 4.16. The van der Waals surface area contributed by atoms with Crippen molar-refractivity contribution in [1.29, 1.82) is 0 Å². The Morgan fingerprint density at radius 1 is 1.40 bits per heavy atom. The molecule has 4 N–H and O–H groups in total. The van der Waals surface area contributed by atoms with Gasteiger partial charge in [0.05, 0.1) is 5.56 Å². The summed E-state index contributed by atoms with van der Waals surface area (Å²) in [6.07, 6.45) is 1.29. The van der Waals surface area contributed by atoms with Crippen LogP contribution in [0.1, 0.15) is 15.9 Å². The monoisotopic (exact) mass is 294 g/mol. The van der Waals surface area contributed by atoms with E-state index in [2.05, 4.69) is 15.7 Å². The van der Waals surface area contributed by atoms with E-state index in [4.69, 9.17) is 17.4 Å². The Balaban J connectivity index is 2.31. The van der Waals surface area contributed by atoms with Crippen LogP contribution in [0.15, 0.2) is 30.5 Å². The summed E-state index contributed by atoms with van der Waals surface area (Å²) >= 11 is 5.96. The molecule has 1 aromatic carbocycles. The van der Waals surface area contributed by atoms with Crippen LogP contribution in [-0.4, -0.2) is 10.9 Å². The number of benzene rings is 1. The summed E-state index contributed by atoms with van der Waals surface area (Å²) in [5.41, 5.74) is 3.15. The van der Waals surface area contributed by atoms with Gasteiger partial charge in [0.1, 0.15) is 0 Å². The minimum atomic E-state index is -0.813. The Bertz CT molecular complexity index is 663. The molecule has 2 aromatic rings. The first-order valence-electron chi connectivity index (χ1n) is 5.72. The van der Waals surface area contributed by atoms with Gasteiger partial charge in [-0.2, -0.15) is 0 Å². The SMILES string of the molecule is Cc1c(Cl)cccc1NC(=O)c1ccnc(NN)c1F. The number of amides is 1. The van der Waals surface area contributed by atoms with E-state index in [1.54, 1.807) is 25.1 Å². The molecule has 0 unspecified atom stereocenters. The van der Waals surface area contributed by atoms with Gasteiger partial charge in [0.15, 0.2) is 11.6 Å². The first kappa shape index (κ1) is 14.2. The number of nitrogen functional groups attached to an aromatic ring is 1. The molecule has 0 saturated carbocycles. The first-order chi connectivity index (χ1) is 9.54. The zero-order valence-corrected chi connectivity index (χ0v) is 11.3. The Hall–Kier alpha value is -2.18. The number of hydrogen-bond donors (Lipinski definition) is 3. The van der Waals surface area contributed by atoms with Crippen LogP contribution in [0.5, 0.6) is 0 Å². The van der Waals surface area contributed by atoms with Gasteiger partial charge in [-0.3, -0.25) is 4.79 Å². The van der Waals surface area contributed by atoms with Crippen LogP contribution < -0.4 is 16.6 Å². The van der Waals surface area contributed by atoms with Gasteiger partial charge in [-0.25, -0.2) is 15.2 Å². The summed E-state index contributed by atoms with van der Waals surface area (Å²) in [5, 5.41) is 3.12. The minimum absolute atomic E-state index is 0.160. The number of nitrogens with two attached hydrogens (primary N) is 1. The average molecular weight is 295 g/mol. The largest absolute Gasteiger partial charge is 0.322 e. The van der Waals surface area contributed by atoms with E-state index in [1.807, 2.05) is 0 Å². The molecule has 20 heavy (non-hydrogen) atoms. The second-order valence-electron chi connectivity index (χ2n) is 4.03. The van der Waals surface area contributed by atoms with E-state index < -0.39 is 11.7 Å². The Labute approximate surface area is 119 Å². The average Bonchev–Trinajstić information content (AvgIpc) is 2.44. The summed E-state index contributed by atoms with van der Waals surface area (Å²) < 4.78 is 13.9. The van der Waals surface area contributed by atoms with E-state index in [0.717, 1.165) is 0 Å². The topological polar surface area (TPSA) is 80.0 Å². The number of anilines is 2. The molecule has 0 bridgehead atoms. The van der Waals surface area contributed by atoms with Crippen LogP contribution in [0, 0.1) is 12.7 Å². The number of nitrogens with zero attached hydrogens (tertiary/aromatic N) is 1. The lowest BCUT2D eigenvalue weighted by atomic mass is 10.1. The third kappa shape index (κ3) is 2.71. The quantitative estimate of drug-likeness (QED) is 0.600. The normalized spacial score (nSPS) is 10.2. The predicted molar refractivity (Wildman–Crippen MR) is 76.1 cm³/mol. The molecular weight excluding hydrogens is 283 g/mol. The van der Waals surface area contributed by atoms with Crippen LogP contribution in [0.2, 0.25) is 5.02 Å². The van der Waals surface area contributed by atoms with Crippen molar-refractivity contribution in [2.75, 3.05) is 10.7 Å². The molecule has 1 amide bonds. The van der Waals surface area contributed by atoms with Crippen LogP contribution >= 0.6 is 11.6 Å². The summed E-state index contributed by atoms with van der Waals surface area (Å²) in [6.45, 7) is 1.76.